The van der Waals surface area contributed by atoms with Gasteiger partial charge in [-0.15, -0.1) is 0 Å². The van der Waals surface area contributed by atoms with Crippen molar-refractivity contribution in [2.24, 2.45) is 5.73 Å². The number of halogens is 1. The van der Waals surface area contributed by atoms with Crippen LogP contribution in [-0.4, -0.2) is 32.0 Å². The molecule has 1 aromatic rings. The first kappa shape index (κ1) is 15.0. The van der Waals surface area contributed by atoms with Gasteiger partial charge in [-0.1, -0.05) is 6.92 Å². The lowest BCUT2D eigenvalue weighted by molar-refractivity contribution is -0.117. The minimum absolute atomic E-state index is 0.0388. The molecule has 3 rings (SSSR count). The number of nitrogens with one attached hydrogen (secondary N) is 1. The van der Waals surface area contributed by atoms with E-state index in [1.807, 2.05) is 6.92 Å². The maximum atomic E-state index is 14.8. The van der Waals surface area contributed by atoms with Gasteiger partial charge in [0.25, 0.3) is 5.91 Å². The first-order valence-electron chi connectivity index (χ1n) is 6.84. The number of phenols is 1. The van der Waals surface area contributed by atoms with Gasteiger partial charge in [-0.05, 0) is 36.0 Å². The Morgan fingerprint density at radius 1 is 1.50 bits per heavy atom. The summed E-state index contributed by atoms with van der Waals surface area (Å²) in [5, 5.41) is 10.1. The fourth-order valence-electron chi connectivity index (χ4n) is 3.14. The molecule has 9 heteroatoms. The topological polar surface area (TPSA) is 113 Å². The lowest BCUT2D eigenvalue weighted by atomic mass is 9.80. The second kappa shape index (κ2) is 4.82. The van der Waals surface area contributed by atoms with Crippen molar-refractivity contribution in [3.8, 4) is 5.75 Å². The summed E-state index contributed by atoms with van der Waals surface area (Å²) >= 11 is 0. The number of anilines is 1. The summed E-state index contributed by atoms with van der Waals surface area (Å²) in [5.41, 5.74) is 6.32. The highest BCUT2D eigenvalue weighted by Gasteiger charge is 2.39. The van der Waals surface area contributed by atoms with Crippen LogP contribution in [0.15, 0.2) is 6.07 Å². The van der Waals surface area contributed by atoms with E-state index in [2.05, 4.69) is 0 Å². The molecule has 1 fully saturated rings. The van der Waals surface area contributed by atoms with Gasteiger partial charge in [0.05, 0.1) is 0 Å². The van der Waals surface area contributed by atoms with Crippen molar-refractivity contribution in [2.75, 3.05) is 10.8 Å². The van der Waals surface area contributed by atoms with Crippen molar-refractivity contribution < 1.29 is 22.7 Å². The molecule has 2 atom stereocenters. The highest BCUT2D eigenvalue weighted by Crippen LogP contribution is 2.42. The number of hydrogen-bond acceptors (Lipinski definition) is 5. The maximum absolute atomic E-state index is 14.8. The van der Waals surface area contributed by atoms with Crippen LogP contribution in [0, 0.1) is 5.82 Å². The molecule has 0 bridgehead atoms. The molecule has 0 spiro atoms. The van der Waals surface area contributed by atoms with E-state index in [4.69, 9.17) is 5.73 Å². The number of fused-ring (bicyclic) bond motifs is 1. The van der Waals surface area contributed by atoms with Gasteiger partial charge in [-0.2, -0.15) is 8.42 Å². The Morgan fingerprint density at radius 2 is 2.18 bits per heavy atom. The van der Waals surface area contributed by atoms with Gasteiger partial charge in [0.1, 0.15) is 18.0 Å². The zero-order chi connectivity index (χ0) is 16.2. The summed E-state index contributed by atoms with van der Waals surface area (Å²) in [7, 11) is -4.19. The van der Waals surface area contributed by atoms with E-state index in [9.17, 15) is 22.7 Å². The molecule has 120 valence electrons. The third-order valence-electron chi connectivity index (χ3n) is 4.08. The van der Waals surface area contributed by atoms with Crippen molar-refractivity contribution >= 4 is 21.8 Å². The summed E-state index contributed by atoms with van der Waals surface area (Å²) in [6, 6.07) is 1.13. The van der Waals surface area contributed by atoms with E-state index in [0.29, 0.717) is 21.9 Å². The van der Waals surface area contributed by atoms with Crippen LogP contribution >= 0.6 is 0 Å². The summed E-state index contributed by atoms with van der Waals surface area (Å²) in [4.78, 5) is 11.3. The monoisotopic (exact) mass is 329 g/mol. The Bertz CT molecular complexity index is 765. The first-order chi connectivity index (χ1) is 10.2. The van der Waals surface area contributed by atoms with E-state index in [-0.39, 0.29) is 18.4 Å². The van der Waals surface area contributed by atoms with Gasteiger partial charge in [0.15, 0.2) is 5.82 Å². The van der Waals surface area contributed by atoms with Crippen LogP contribution in [0.25, 0.3) is 0 Å². The standard InChI is InChI=1S/C13H16FN3O4S/c1-6-2-7(15)3-9-8(6)4-10(18)13(12(9)14)17-5-11(19)16-22(17,20)21/h4,6-7,18H,2-3,5,15H2,1H3,(H,16,19)/t6-,7+/m0/s1. The normalized spacial score (nSPS) is 26.7. The van der Waals surface area contributed by atoms with Crippen LogP contribution in [0.5, 0.6) is 5.75 Å². The molecule has 4 N–H and O–H groups in total. The van der Waals surface area contributed by atoms with Crippen LogP contribution in [0.2, 0.25) is 0 Å². The molecule has 1 aliphatic heterocycles. The maximum Gasteiger partial charge on any atom is 0.326 e. The zero-order valence-corrected chi connectivity index (χ0v) is 12.7. The van der Waals surface area contributed by atoms with Gasteiger partial charge in [-0.25, -0.2) is 13.4 Å². The molecule has 1 aliphatic carbocycles. The van der Waals surface area contributed by atoms with Gasteiger partial charge in [0, 0.05) is 6.04 Å². The minimum Gasteiger partial charge on any atom is -0.506 e. The second-order valence-corrected chi connectivity index (χ2v) is 7.36. The first-order valence-corrected chi connectivity index (χ1v) is 8.28. The Balaban J connectivity index is 2.19. The van der Waals surface area contributed by atoms with Crippen molar-refractivity contribution in [1.29, 1.82) is 0 Å². The third kappa shape index (κ3) is 2.20. The molecule has 0 unspecified atom stereocenters. The molecule has 1 saturated heterocycles. The van der Waals surface area contributed by atoms with Crippen molar-refractivity contribution in [3.63, 3.8) is 0 Å². The zero-order valence-electron chi connectivity index (χ0n) is 11.8. The minimum atomic E-state index is -4.19. The number of carbonyl (C=O) groups is 1. The Morgan fingerprint density at radius 3 is 2.77 bits per heavy atom. The fraction of sp³-hybridized carbons (Fsp3) is 0.462. The molecule has 0 radical (unpaired) electrons. The van der Waals surface area contributed by atoms with Gasteiger partial charge in [-0.3, -0.25) is 4.79 Å². The third-order valence-corrected chi connectivity index (χ3v) is 5.46. The Labute approximate surface area is 127 Å². The molecule has 1 amide bonds. The highest BCUT2D eigenvalue weighted by molar-refractivity contribution is 7.92. The van der Waals surface area contributed by atoms with Gasteiger partial charge >= 0.3 is 10.2 Å². The van der Waals surface area contributed by atoms with E-state index in [0.717, 1.165) is 0 Å². The molecule has 1 heterocycles. The summed E-state index contributed by atoms with van der Waals surface area (Å²) in [6.07, 6.45) is 0.918. The molecule has 22 heavy (non-hydrogen) atoms. The predicted molar refractivity (Wildman–Crippen MR) is 77.2 cm³/mol. The number of carbonyl (C=O) groups excluding carboxylic acids is 1. The second-order valence-electron chi connectivity index (χ2n) is 5.76. The number of phenolic OH excluding ortho intramolecular Hbond substituents is 1. The summed E-state index contributed by atoms with van der Waals surface area (Å²) < 4.78 is 40.9. The molecule has 0 aromatic heterocycles. The Hall–Kier alpha value is -1.87. The van der Waals surface area contributed by atoms with Crippen LogP contribution in [-0.2, 0) is 21.4 Å². The van der Waals surface area contributed by atoms with Crippen LogP contribution < -0.4 is 14.8 Å². The molecule has 1 aromatic carbocycles. The number of rotatable bonds is 1. The molecule has 7 nitrogen and oxygen atoms in total. The van der Waals surface area contributed by atoms with E-state index < -0.39 is 39.9 Å². The van der Waals surface area contributed by atoms with Crippen LogP contribution in [0.4, 0.5) is 10.1 Å². The number of nitrogens with zero attached hydrogens (tertiary/aromatic N) is 1. The summed E-state index contributed by atoms with van der Waals surface area (Å²) in [5.74, 6) is -2.15. The van der Waals surface area contributed by atoms with E-state index in [1.54, 1.807) is 4.72 Å². The molecular formula is C13H16FN3O4S. The van der Waals surface area contributed by atoms with Crippen molar-refractivity contribution in [1.82, 2.24) is 4.72 Å². The SMILES string of the molecule is C[C@H]1C[C@@H](N)Cc2c1cc(O)c(N1CC(=O)NS1(=O)=O)c2F. The lowest BCUT2D eigenvalue weighted by Crippen LogP contribution is -2.33. The fourth-order valence-corrected chi connectivity index (χ4v) is 4.31. The van der Waals surface area contributed by atoms with Crippen molar-refractivity contribution in [3.05, 3.63) is 23.0 Å². The Kier molecular flexibility index (Phi) is 3.29. The van der Waals surface area contributed by atoms with Crippen molar-refractivity contribution in [2.45, 2.75) is 31.7 Å². The van der Waals surface area contributed by atoms with E-state index >= 15 is 0 Å². The number of nitrogens with two attached hydrogens (primary N) is 1. The highest BCUT2D eigenvalue weighted by atomic mass is 32.2. The number of aromatic hydroxyl groups is 1. The largest absolute Gasteiger partial charge is 0.506 e. The van der Waals surface area contributed by atoms with Gasteiger partial charge in [0.2, 0.25) is 0 Å². The smallest absolute Gasteiger partial charge is 0.326 e. The number of benzene rings is 1. The molecule has 2 aliphatic rings. The number of amides is 1. The predicted octanol–water partition coefficient (Wildman–Crippen LogP) is 0.0893. The molecular weight excluding hydrogens is 313 g/mol. The molecule has 0 saturated carbocycles. The summed E-state index contributed by atoms with van der Waals surface area (Å²) in [6.45, 7) is 1.31. The van der Waals surface area contributed by atoms with Crippen LogP contribution in [0.1, 0.15) is 30.4 Å². The number of hydrogen-bond donors (Lipinski definition) is 3. The lowest BCUT2D eigenvalue weighted by Gasteiger charge is -2.29. The van der Waals surface area contributed by atoms with Crippen LogP contribution in [0.3, 0.4) is 0 Å². The quantitative estimate of drug-likeness (QED) is 0.676. The average Bonchev–Trinajstić information content (AvgIpc) is 2.64. The average molecular weight is 329 g/mol. The van der Waals surface area contributed by atoms with E-state index in [1.165, 1.54) is 6.07 Å². The van der Waals surface area contributed by atoms with Gasteiger partial charge < -0.3 is 10.8 Å².